The fraction of sp³-hybridized carbons (Fsp3) is 0.467. The van der Waals surface area contributed by atoms with Crippen LogP contribution in [-0.4, -0.2) is 23.3 Å². The van der Waals surface area contributed by atoms with Gasteiger partial charge in [0.2, 0.25) is 0 Å². The number of amides is 2. The third-order valence-electron chi connectivity index (χ3n) is 3.63. The van der Waals surface area contributed by atoms with E-state index in [1.165, 1.54) is 12.1 Å². The van der Waals surface area contributed by atoms with Crippen LogP contribution in [0.4, 0.5) is 10.5 Å². The number of rotatable bonds is 5. The molecule has 2 atom stereocenters. The van der Waals surface area contributed by atoms with Gasteiger partial charge in [0.05, 0.1) is 16.2 Å². The summed E-state index contributed by atoms with van der Waals surface area (Å²) in [6.45, 7) is 5.76. The Morgan fingerprint density at radius 2 is 2.24 bits per heavy atom. The van der Waals surface area contributed by atoms with Crippen molar-refractivity contribution >= 4 is 23.3 Å². The summed E-state index contributed by atoms with van der Waals surface area (Å²) < 4.78 is 0. The minimum Gasteiger partial charge on any atom is -0.388 e. The maximum Gasteiger partial charge on any atom is 0.319 e. The molecule has 0 saturated carbocycles. The first-order valence-corrected chi connectivity index (χ1v) is 7.14. The zero-order valence-corrected chi connectivity index (χ0v) is 13.2. The second kappa shape index (κ2) is 7.30. The number of aliphatic hydroxyl groups is 1. The Kier molecular flexibility index (Phi) is 6.01. The number of carbonyl (C=O) groups excluding carboxylic acids is 1. The van der Waals surface area contributed by atoms with Crippen molar-refractivity contribution in [3.05, 3.63) is 28.8 Å². The number of anilines is 1. The minimum absolute atomic E-state index is 0.0714. The third kappa shape index (κ3) is 4.92. The first-order chi connectivity index (χ1) is 9.80. The Morgan fingerprint density at radius 3 is 2.76 bits per heavy atom. The predicted octanol–water partition coefficient (Wildman–Crippen LogP) is 3.13. The molecule has 2 amide bonds. The van der Waals surface area contributed by atoms with Gasteiger partial charge in [0, 0.05) is 12.2 Å². The van der Waals surface area contributed by atoms with Gasteiger partial charge in [-0.3, -0.25) is 0 Å². The molecule has 1 aromatic rings. The molecule has 0 saturated heterocycles. The van der Waals surface area contributed by atoms with Crippen LogP contribution in [0.3, 0.4) is 0 Å². The van der Waals surface area contributed by atoms with Gasteiger partial charge in [0.1, 0.15) is 6.07 Å². The zero-order chi connectivity index (χ0) is 16.0. The van der Waals surface area contributed by atoms with Crippen LogP contribution in [0.2, 0.25) is 5.02 Å². The van der Waals surface area contributed by atoms with Crippen LogP contribution in [0.25, 0.3) is 0 Å². The van der Waals surface area contributed by atoms with Crippen molar-refractivity contribution in [2.45, 2.75) is 32.8 Å². The molecule has 0 aliphatic rings. The number of nitrogens with zero attached hydrogens (tertiary/aromatic N) is 1. The minimum atomic E-state index is -0.964. The van der Waals surface area contributed by atoms with Crippen LogP contribution in [0.15, 0.2) is 18.2 Å². The van der Waals surface area contributed by atoms with Gasteiger partial charge in [-0.25, -0.2) is 4.79 Å². The van der Waals surface area contributed by atoms with Crippen molar-refractivity contribution in [1.82, 2.24) is 5.32 Å². The Balaban J connectivity index is 2.59. The van der Waals surface area contributed by atoms with Crippen molar-refractivity contribution < 1.29 is 9.90 Å². The van der Waals surface area contributed by atoms with Gasteiger partial charge in [-0.05, 0) is 31.0 Å². The summed E-state index contributed by atoms with van der Waals surface area (Å²) in [5.74, 6) is 0.0714. The van der Waals surface area contributed by atoms with Crippen LogP contribution >= 0.6 is 11.6 Å². The van der Waals surface area contributed by atoms with Crippen molar-refractivity contribution in [2.75, 3.05) is 11.9 Å². The Hall–Kier alpha value is -1.77. The first-order valence-electron chi connectivity index (χ1n) is 6.77. The summed E-state index contributed by atoms with van der Waals surface area (Å²) in [6.07, 6.45) is 0.821. The maximum atomic E-state index is 11.8. The van der Waals surface area contributed by atoms with E-state index in [2.05, 4.69) is 10.6 Å². The van der Waals surface area contributed by atoms with Crippen LogP contribution in [-0.2, 0) is 0 Å². The van der Waals surface area contributed by atoms with E-state index in [9.17, 15) is 9.90 Å². The van der Waals surface area contributed by atoms with Crippen molar-refractivity contribution in [1.29, 1.82) is 5.26 Å². The molecule has 0 heterocycles. The lowest BCUT2D eigenvalue weighted by Gasteiger charge is -2.29. The smallest absolute Gasteiger partial charge is 0.319 e. The molecule has 0 fully saturated rings. The summed E-state index contributed by atoms with van der Waals surface area (Å²) >= 11 is 5.89. The molecule has 1 aromatic carbocycles. The molecule has 1 rings (SSSR count). The quantitative estimate of drug-likeness (QED) is 0.781. The van der Waals surface area contributed by atoms with Crippen molar-refractivity contribution in [3.63, 3.8) is 0 Å². The highest BCUT2D eigenvalue weighted by Crippen LogP contribution is 2.21. The van der Waals surface area contributed by atoms with E-state index in [-0.39, 0.29) is 17.5 Å². The summed E-state index contributed by atoms with van der Waals surface area (Å²) in [4.78, 5) is 11.8. The van der Waals surface area contributed by atoms with Gasteiger partial charge >= 0.3 is 6.03 Å². The summed E-state index contributed by atoms with van der Waals surface area (Å²) in [7, 11) is 0. The Morgan fingerprint density at radius 1 is 1.57 bits per heavy atom. The van der Waals surface area contributed by atoms with Crippen molar-refractivity contribution in [2.24, 2.45) is 5.92 Å². The van der Waals surface area contributed by atoms with E-state index >= 15 is 0 Å². The van der Waals surface area contributed by atoms with Gasteiger partial charge in [0.15, 0.2) is 0 Å². The largest absolute Gasteiger partial charge is 0.388 e. The zero-order valence-electron chi connectivity index (χ0n) is 12.4. The second-order valence-corrected chi connectivity index (χ2v) is 5.69. The molecule has 0 aliphatic heterocycles. The molecule has 5 nitrogen and oxygen atoms in total. The van der Waals surface area contributed by atoms with E-state index in [0.29, 0.717) is 11.3 Å². The molecule has 6 heteroatoms. The fourth-order valence-electron chi connectivity index (χ4n) is 1.73. The van der Waals surface area contributed by atoms with Crippen LogP contribution < -0.4 is 10.6 Å². The molecular weight excluding hydrogens is 290 g/mol. The van der Waals surface area contributed by atoms with Crippen LogP contribution in [0.5, 0.6) is 0 Å². The molecule has 114 valence electrons. The predicted molar refractivity (Wildman–Crippen MR) is 83.3 cm³/mol. The number of hydrogen-bond acceptors (Lipinski definition) is 3. The normalized spacial score (nSPS) is 14.7. The molecule has 0 radical (unpaired) electrons. The van der Waals surface area contributed by atoms with E-state index in [1.54, 1.807) is 13.0 Å². The van der Waals surface area contributed by atoms with E-state index in [0.717, 1.165) is 6.42 Å². The van der Waals surface area contributed by atoms with Crippen molar-refractivity contribution in [3.8, 4) is 6.07 Å². The van der Waals surface area contributed by atoms with Gasteiger partial charge in [0.25, 0.3) is 0 Å². The number of urea groups is 1. The maximum absolute atomic E-state index is 11.8. The van der Waals surface area contributed by atoms with E-state index in [4.69, 9.17) is 16.9 Å². The summed E-state index contributed by atoms with van der Waals surface area (Å²) in [6, 6.07) is 6.15. The lowest BCUT2D eigenvalue weighted by molar-refractivity contribution is 0.00827. The van der Waals surface area contributed by atoms with Gasteiger partial charge in [-0.15, -0.1) is 0 Å². The van der Waals surface area contributed by atoms with Gasteiger partial charge in [-0.1, -0.05) is 31.9 Å². The Labute approximate surface area is 129 Å². The van der Waals surface area contributed by atoms with Crippen LogP contribution in [0.1, 0.15) is 32.8 Å². The monoisotopic (exact) mass is 309 g/mol. The SMILES string of the molecule is CCC(C)C(C)(O)CNC(=O)Nc1ccc(C#N)c(Cl)c1. The third-order valence-corrected chi connectivity index (χ3v) is 3.94. The number of carbonyl (C=O) groups is 1. The molecule has 2 unspecified atom stereocenters. The molecule has 0 aromatic heterocycles. The number of nitriles is 1. The standard InChI is InChI=1S/C15H20ClN3O2/c1-4-10(2)15(3,21)9-18-14(20)19-12-6-5-11(8-17)13(16)7-12/h5-7,10,21H,4,9H2,1-3H3,(H2,18,19,20). The van der Waals surface area contributed by atoms with Crippen LogP contribution in [0, 0.1) is 17.2 Å². The molecule has 3 N–H and O–H groups in total. The summed E-state index contributed by atoms with van der Waals surface area (Å²) in [5, 5.41) is 24.5. The van der Waals surface area contributed by atoms with Gasteiger partial charge in [-0.2, -0.15) is 5.26 Å². The number of benzene rings is 1. The number of hydrogen-bond donors (Lipinski definition) is 3. The highest BCUT2D eigenvalue weighted by Gasteiger charge is 2.27. The average Bonchev–Trinajstić information content (AvgIpc) is 2.44. The lowest BCUT2D eigenvalue weighted by atomic mass is 9.89. The molecule has 0 bridgehead atoms. The average molecular weight is 310 g/mol. The van der Waals surface area contributed by atoms with E-state index < -0.39 is 11.6 Å². The van der Waals surface area contributed by atoms with Gasteiger partial charge < -0.3 is 15.7 Å². The summed E-state index contributed by atoms with van der Waals surface area (Å²) in [5.41, 5.74) is -0.129. The number of halogens is 1. The topological polar surface area (TPSA) is 85.2 Å². The lowest BCUT2D eigenvalue weighted by Crippen LogP contribution is -2.46. The molecule has 21 heavy (non-hydrogen) atoms. The molecule has 0 spiro atoms. The highest BCUT2D eigenvalue weighted by molar-refractivity contribution is 6.32. The Bertz CT molecular complexity index is 552. The molecular formula is C15H20ClN3O2. The fourth-order valence-corrected chi connectivity index (χ4v) is 1.95. The highest BCUT2D eigenvalue weighted by atomic mass is 35.5. The van der Waals surface area contributed by atoms with E-state index in [1.807, 2.05) is 19.9 Å². The molecule has 0 aliphatic carbocycles. The first kappa shape index (κ1) is 17.3. The second-order valence-electron chi connectivity index (χ2n) is 5.28. The number of nitrogens with one attached hydrogen (secondary N) is 2.